The molecule has 0 fully saturated rings. The first-order valence-electron chi connectivity index (χ1n) is 22.4. The Labute approximate surface area is 319 Å². The minimum Gasteiger partial charge on any atom is -0.481 e. The zero-order valence-corrected chi connectivity index (χ0v) is 34.8. The summed E-state index contributed by atoms with van der Waals surface area (Å²) >= 11 is 0. The van der Waals surface area contributed by atoms with E-state index in [0.717, 1.165) is 32.2 Å². The second kappa shape index (κ2) is 52.7. The highest BCUT2D eigenvalue weighted by Crippen LogP contribution is 2.12. The minimum atomic E-state index is -0.664. The van der Waals surface area contributed by atoms with Crippen LogP contribution in [0.25, 0.3) is 0 Å². The quantitative estimate of drug-likeness (QED) is 0.0435. The number of carbonyl (C=O) groups is 2. The summed E-state index contributed by atoms with van der Waals surface area (Å²) in [5.74, 6) is -1.33. The summed E-state index contributed by atoms with van der Waals surface area (Å²) in [7, 11) is 0. The Hall–Kier alpha value is -1.62. The van der Waals surface area contributed by atoms with Gasteiger partial charge in [-0.1, -0.05) is 193 Å². The normalized spacial score (nSPS) is 11.1. The molecular weight excluding hydrogens is 631 g/mol. The maximum atomic E-state index is 10.3. The van der Waals surface area contributed by atoms with Crippen molar-refractivity contribution in [2.45, 2.75) is 252 Å². The van der Waals surface area contributed by atoms with E-state index in [-0.39, 0.29) is 0 Å². The van der Waals surface area contributed by atoms with Crippen molar-refractivity contribution in [1.82, 2.24) is 0 Å². The monoisotopic (exact) mass is 722 g/mol. The topological polar surface area (TPSA) is 101 Å². The van der Waals surface area contributed by atoms with Crippen LogP contribution < -0.4 is 5.73 Å². The Morgan fingerprint density at radius 1 is 0.353 bits per heavy atom. The van der Waals surface area contributed by atoms with Crippen LogP contribution in [-0.4, -0.2) is 28.7 Å². The van der Waals surface area contributed by atoms with Crippen LogP contribution in [0.15, 0.2) is 24.3 Å². The second-order valence-electron chi connectivity index (χ2n) is 14.7. The number of allylic oxidation sites excluding steroid dienone is 4. The van der Waals surface area contributed by atoms with Crippen molar-refractivity contribution < 1.29 is 19.8 Å². The van der Waals surface area contributed by atoms with Gasteiger partial charge in [-0.15, -0.1) is 0 Å². The van der Waals surface area contributed by atoms with E-state index < -0.39 is 11.9 Å². The van der Waals surface area contributed by atoms with Crippen LogP contribution in [0.1, 0.15) is 252 Å². The lowest BCUT2D eigenvalue weighted by molar-refractivity contribution is -0.138. The largest absolute Gasteiger partial charge is 0.481 e. The predicted molar refractivity (Wildman–Crippen MR) is 226 cm³/mol. The molecule has 4 N–H and O–H groups in total. The average molecular weight is 722 g/mol. The van der Waals surface area contributed by atoms with Gasteiger partial charge >= 0.3 is 11.9 Å². The lowest BCUT2D eigenvalue weighted by Gasteiger charge is -1.99. The number of unbranched alkanes of at least 4 members (excludes halogenated alkanes) is 29. The molecule has 0 bridgehead atoms. The van der Waals surface area contributed by atoms with E-state index in [1.807, 2.05) is 0 Å². The van der Waals surface area contributed by atoms with Gasteiger partial charge in [-0.25, -0.2) is 0 Å². The average Bonchev–Trinajstić information content (AvgIpc) is 3.11. The molecule has 0 aromatic rings. The molecule has 0 amide bonds. The van der Waals surface area contributed by atoms with Gasteiger partial charge in [0.15, 0.2) is 0 Å². The molecule has 0 aromatic heterocycles. The molecule has 0 aromatic carbocycles. The van der Waals surface area contributed by atoms with Gasteiger partial charge in [-0.3, -0.25) is 9.59 Å². The maximum absolute atomic E-state index is 10.3. The lowest BCUT2D eigenvalue weighted by Crippen LogP contribution is -1.97. The van der Waals surface area contributed by atoms with Crippen molar-refractivity contribution in [3.8, 4) is 0 Å². The fourth-order valence-electron chi connectivity index (χ4n) is 5.97. The van der Waals surface area contributed by atoms with Crippen molar-refractivity contribution in [3.05, 3.63) is 24.3 Å². The smallest absolute Gasteiger partial charge is 0.303 e. The first-order chi connectivity index (χ1) is 25.0. The van der Waals surface area contributed by atoms with Crippen LogP contribution in [0.4, 0.5) is 0 Å². The lowest BCUT2D eigenvalue weighted by atomic mass is 10.1. The van der Waals surface area contributed by atoms with Crippen molar-refractivity contribution in [2.24, 2.45) is 5.73 Å². The Morgan fingerprint density at radius 2 is 0.569 bits per heavy atom. The van der Waals surface area contributed by atoms with Gasteiger partial charge in [-0.05, 0) is 77.2 Å². The maximum Gasteiger partial charge on any atom is 0.303 e. The molecule has 0 saturated heterocycles. The number of hydrogen-bond acceptors (Lipinski definition) is 3. The molecule has 0 atom stereocenters. The molecule has 304 valence electrons. The molecule has 0 spiro atoms. The van der Waals surface area contributed by atoms with Crippen molar-refractivity contribution in [2.75, 3.05) is 6.54 Å². The van der Waals surface area contributed by atoms with Gasteiger partial charge in [0.05, 0.1) is 0 Å². The summed E-state index contributed by atoms with van der Waals surface area (Å²) in [6.45, 7) is 7.65. The molecule has 0 radical (unpaired) electrons. The van der Waals surface area contributed by atoms with E-state index >= 15 is 0 Å². The third-order valence-corrected chi connectivity index (χ3v) is 9.36. The van der Waals surface area contributed by atoms with Crippen LogP contribution in [0.5, 0.6) is 0 Å². The minimum absolute atomic E-state index is 0.332. The molecule has 0 saturated carbocycles. The number of carboxylic acids is 2. The predicted octanol–water partition coefficient (Wildman–Crippen LogP) is 15.3. The zero-order valence-electron chi connectivity index (χ0n) is 34.8. The van der Waals surface area contributed by atoms with E-state index in [0.29, 0.717) is 12.8 Å². The zero-order chi connectivity index (χ0) is 38.1. The van der Waals surface area contributed by atoms with Crippen LogP contribution in [0, 0.1) is 0 Å². The fraction of sp³-hybridized carbons (Fsp3) is 0.870. The molecule has 0 rings (SSSR count). The number of carboxylic acid groups (broad SMARTS) is 2. The van der Waals surface area contributed by atoms with E-state index in [1.54, 1.807) is 0 Å². The molecule has 51 heavy (non-hydrogen) atoms. The molecule has 0 heterocycles. The van der Waals surface area contributed by atoms with Gasteiger partial charge in [0.1, 0.15) is 0 Å². The van der Waals surface area contributed by atoms with Gasteiger partial charge in [0.2, 0.25) is 0 Å². The molecule has 0 unspecified atom stereocenters. The Morgan fingerprint density at radius 3 is 0.804 bits per heavy atom. The van der Waals surface area contributed by atoms with E-state index in [9.17, 15) is 9.59 Å². The SMILES string of the molecule is CCCCCCCC/C=C\CCCCCCCC(=O)O.CCCCCCCC/C=C\CCCCCCCC(=O)O.CCCCCCCCCCN. The van der Waals surface area contributed by atoms with E-state index in [4.69, 9.17) is 15.9 Å². The summed E-state index contributed by atoms with van der Waals surface area (Å²) < 4.78 is 0. The van der Waals surface area contributed by atoms with Gasteiger partial charge < -0.3 is 15.9 Å². The highest BCUT2D eigenvalue weighted by Gasteiger charge is 1.97. The van der Waals surface area contributed by atoms with E-state index in [1.165, 1.54) is 193 Å². The Balaban J connectivity index is -0.000000708. The highest BCUT2D eigenvalue weighted by molar-refractivity contribution is 5.66. The summed E-state index contributed by atoms with van der Waals surface area (Å²) in [6, 6.07) is 0. The second-order valence-corrected chi connectivity index (χ2v) is 14.7. The van der Waals surface area contributed by atoms with Gasteiger partial charge in [0, 0.05) is 12.8 Å². The third-order valence-electron chi connectivity index (χ3n) is 9.36. The molecule has 5 heteroatoms. The number of nitrogens with two attached hydrogens (primary N) is 1. The molecule has 0 aliphatic heterocycles. The van der Waals surface area contributed by atoms with Crippen LogP contribution in [-0.2, 0) is 9.59 Å². The van der Waals surface area contributed by atoms with Gasteiger partial charge in [-0.2, -0.15) is 0 Å². The number of aliphatic carboxylic acids is 2. The van der Waals surface area contributed by atoms with Gasteiger partial charge in [0.25, 0.3) is 0 Å². The number of hydrogen-bond donors (Lipinski definition) is 3. The summed E-state index contributed by atoms with van der Waals surface area (Å²) in [4.78, 5) is 20.6. The Kier molecular flexibility index (Phi) is 55.6. The Bertz CT molecular complexity index is 647. The van der Waals surface area contributed by atoms with E-state index in [2.05, 4.69) is 45.1 Å². The molecular formula is C46H91NO4. The summed E-state index contributed by atoms with van der Waals surface area (Å²) in [5, 5.41) is 17.0. The van der Waals surface area contributed by atoms with Crippen LogP contribution in [0.2, 0.25) is 0 Å². The highest BCUT2D eigenvalue weighted by atomic mass is 16.4. The first kappa shape index (κ1) is 53.7. The standard InChI is InChI=1S/2C18H34O2.C10H23N/c2*1-2-3-4-5-6-7-8-9-10-11-12-13-14-15-16-17-18(19)20;1-2-3-4-5-6-7-8-9-10-11/h2*9-10H,2-8,11-17H2,1H3,(H,19,20);2-11H2,1H3/b2*10-9-;. The molecule has 0 aliphatic rings. The number of rotatable bonds is 38. The van der Waals surface area contributed by atoms with Crippen LogP contribution in [0.3, 0.4) is 0 Å². The van der Waals surface area contributed by atoms with Crippen molar-refractivity contribution >= 4 is 11.9 Å². The first-order valence-corrected chi connectivity index (χ1v) is 22.4. The van der Waals surface area contributed by atoms with Crippen molar-refractivity contribution in [3.63, 3.8) is 0 Å². The fourth-order valence-corrected chi connectivity index (χ4v) is 5.97. The van der Waals surface area contributed by atoms with Crippen molar-refractivity contribution in [1.29, 1.82) is 0 Å². The summed E-state index contributed by atoms with van der Waals surface area (Å²) in [5.41, 5.74) is 5.39. The third kappa shape index (κ3) is 63.8. The molecule has 0 aliphatic carbocycles. The van der Waals surface area contributed by atoms with Crippen LogP contribution >= 0.6 is 0 Å². The molecule has 5 nitrogen and oxygen atoms in total. The summed E-state index contributed by atoms with van der Waals surface area (Å²) in [6.07, 6.45) is 53.5.